The minimum absolute atomic E-state index is 0.252. The largest absolute Gasteiger partial charge is 0.490 e. The highest BCUT2D eigenvalue weighted by Gasteiger charge is 2.26. The third-order valence-corrected chi connectivity index (χ3v) is 7.82. The second-order valence-electron chi connectivity index (χ2n) is 8.93. The van der Waals surface area contributed by atoms with E-state index in [1.165, 1.54) is 17.3 Å². The lowest BCUT2D eigenvalue weighted by Crippen LogP contribution is -2.12. The Hall–Kier alpha value is -3.27. The van der Waals surface area contributed by atoms with Gasteiger partial charge in [0.2, 0.25) is 6.54 Å². The molecule has 1 atom stereocenters. The molecular formula is C28H28Cl2N4O4S. The predicted molar refractivity (Wildman–Crippen MR) is 154 cm³/mol. The van der Waals surface area contributed by atoms with Crippen LogP contribution in [0, 0.1) is 30.9 Å². The van der Waals surface area contributed by atoms with Crippen molar-refractivity contribution in [2.24, 2.45) is 0 Å². The van der Waals surface area contributed by atoms with Gasteiger partial charge in [-0.15, -0.1) is 10.2 Å². The molecule has 8 nitrogen and oxygen atoms in total. The molecule has 4 aromatic rings. The lowest BCUT2D eigenvalue weighted by molar-refractivity contribution is -0.479. The number of benzene rings is 3. The van der Waals surface area contributed by atoms with Gasteiger partial charge in [0.15, 0.2) is 16.7 Å². The van der Waals surface area contributed by atoms with Gasteiger partial charge in [-0.25, -0.2) is 0 Å². The third kappa shape index (κ3) is 7.03. The van der Waals surface area contributed by atoms with E-state index in [2.05, 4.69) is 16.3 Å². The molecule has 11 heteroatoms. The molecule has 0 radical (unpaired) electrons. The van der Waals surface area contributed by atoms with Crippen LogP contribution in [0.1, 0.15) is 40.3 Å². The van der Waals surface area contributed by atoms with Crippen molar-refractivity contribution in [1.29, 1.82) is 0 Å². The number of nitro groups is 1. The first kappa shape index (κ1) is 28.7. The van der Waals surface area contributed by atoms with Crippen LogP contribution in [-0.4, -0.2) is 32.8 Å². The van der Waals surface area contributed by atoms with Crippen LogP contribution >= 0.6 is 35.0 Å². The van der Waals surface area contributed by atoms with Crippen LogP contribution in [0.2, 0.25) is 10.0 Å². The second kappa shape index (κ2) is 12.7. The predicted octanol–water partition coefficient (Wildman–Crippen LogP) is 7.59. The van der Waals surface area contributed by atoms with Gasteiger partial charge in [-0.05, 0) is 86.3 Å². The maximum Gasteiger partial charge on any atom is 0.220 e. The number of aromatic nitrogens is 3. The van der Waals surface area contributed by atoms with E-state index in [4.69, 9.17) is 32.7 Å². The number of rotatable bonds is 11. The van der Waals surface area contributed by atoms with Gasteiger partial charge in [0, 0.05) is 15.6 Å². The molecule has 1 aromatic heterocycles. The number of ether oxygens (including phenoxy) is 2. The maximum atomic E-state index is 11.7. The SMILES string of the molecule is CCOc1cc([C@@H](C[N+](=O)[O-])Sc2nnc(C)n2-c2ccc(C)c(C)c2)cc(Cl)c1OCc1ccc(Cl)cc1. The zero-order valence-corrected chi connectivity index (χ0v) is 24.3. The summed E-state index contributed by atoms with van der Waals surface area (Å²) in [6, 6.07) is 16.8. The van der Waals surface area contributed by atoms with Crippen LogP contribution in [0.4, 0.5) is 0 Å². The van der Waals surface area contributed by atoms with Crippen molar-refractivity contribution < 1.29 is 14.4 Å². The van der Waals surface area contributed by atoms with E-state index in [1.807, 2.05) is 56.5 Å². The lowest BCUT2D eigenvalue weighted by atomic mass is 10.1. The van der Waals surface area contributed by atoms with Gasteiger partial charge in [0.25, 0.3) is 0 Å². The van der Waals surface area contributed by atoms with Crippen LogP contribution in [0.15, 0.2) is 59.8 Å². The summed E-state index contributed by atoms with van der Waals surface area (Å²) in [5.74, 6) is 1.46. The Kier molecular flexibility index (Phi) is 9.37. The molecule has 204 valence electrons. The average molecular weight is 588 g/mol. The number of halogens is 2. The standard InChI is InChI=1S/C28H28Cl2N4O4S/c1-5-37-25-14-21(13-24(30)27(25)38-16-20-7-9-22(29)10-8-20)26(15-33(35)36)39-28-32-31-19(4)34(28)23-11-6-17(2)18(3)12-23/h6-14,26H,5,15-16H2,1-4H3/t26-/m1/s1. The summed E-state index contributed by atoms with van der Waals surface area (Å²) < 4.78 is 13.8. The highest BCUT2D eigenvalue weighted by atomic mass is 35.5. The molecule has 0 unspecified atom stereocenters. The van der Waals surface area contributed by atoms with Gasteiger partial charge in [-0.3, -0.25) is 14.7 Å². The van der Waals surface area contributed by atoms with E-state index in [-0.39, 0.29) is 18.1 Å². The zero-order valence-electron chi connectivity index (χ0n) is 22.0. The Labute approximate surface area is 241 Å². The van der Waals surface area contributed by atoms with E-state index in [0.717, 1.165) is 16.8 Å². The monoisotopic (exact) mass is 586 g/mol. The van der Waals surface area contributed by atoms with E-state index in [0.29, 0.717) is 44.7 Å². The first-order chi connectivity index (χ1) is 18.7. The number of thioether (sulfide) groups is 1. The van der Waals surface area contributed by atoms with Gasteiger partial charge >= 0.3 is 0 Å². The van der Waals surface area contributed by atoms with Crippen LogP contribution in [-0.2, 0) is 6.61 Å². The summed E-state index contributed by atoms with van der Waals surface area (Å²) in [7, 11) is 0. The fourth-order valence-corrected chi connectivity index (χ4v) is 5.52. The Balaban J connectivity index is 1.67. The minimum Gasteiger partial charge on any atom is -0.490 e. The van der Waals surface area contributed by atoms with E-state index < -0.39 is 5.25 Å². The molecule has 0 bridgehead atoms. The Morgan fingerprint density at radius 3 is 2.41 bits per heavy atom. The smallest absolute Gasteiger partial charge is 0.220 e. The van der Waals surface area contributed by atoms with Crippen LogP contribution in [0.25, 0.3) is 5.69 Å². The van der Waals surface area contributed by atoms with Crippen molar-refractivity contribution in [3.63, 3.8) is 0 Å². The first-order valence-corrected chi connectivity index (χ1v) is 13.9. The molecule has 0 saturated heterocycles. The summed E-state index contributed by atoms with van der Waals surface area (Å²) >= 11 is 13.9. The number of aryl methyl sites for hydroxylation is 3. The molecule has 0 saturated carbocycles. The van der Waals surface area contributed by atoms with Crippen molar-refractivity contribution in [1.82, 2.24) is 14.8 Å². The van der Waals surface area contributed by atoms with Crippen molar-refractivity contribution >= 4 is 35.0 Å². The van der Waals surface area contributed by atoms with Crippen molar-refractivity contribution in [3.05, 3.63) is 103 Å². The molecule has 0 aliphatic carbocycles. The quantitative estimate of drug-likeness (QED) is 0.101. The Morgan fingerprint density at radius 2 is 1.74 bits per heavy atom. The summed E-state index contributed by atoms with van der Waals surface area (Å²) in [6.07, 6.45) is 0. The van der Waals surface area contributed by atoms with Gasteiger partial charge < -0.3 is 9.47 Å². The topological polar surface area (TPSA) is 92.3 Å². The van der Waals surface area contributed by atoms with Gasteiger partial charge in [-0.2, -0.15) is 0 Å². The van der Waals surface area contributed by atoms with Gasteiger partial charge in [0.1, 0.15) is 17.7 Å². The normalized spacial score (nSPS) is 11.8. The highest BCUT2D eigenvalue weighted by molar-refractivity contribution is 7.99. The molecule has 4 rings (SSSR count). The van der Waals surface area contributed by atoms with Gasteiger partial charge in [-0.1, -0.05) is 53.2 Å². The number of hydrogen-bond donors (Lipinski definition) is 0. The lowest BCUT2D eigenvalue weighted by Gasteiger charge is -2.19. The van der Waals surface area contributed by atoms with E-state index in [1.54, 1.807) is 24.3 Å². The second-order valence-corrected chi connectivity index (χ2v) is 10.9. The molecule has 0 aliphatic heterocycles. The number of hydrogen-bond acceptors (Lipinski definition) is 7. The molecule has 0 aliphatic rings. The average Bonchev–Trinajstić information content (AvgIpc) is 3.25. The molecule has 0 amide bonds. The van der Waals surface area contributed by atoms with E-state index in [9.17, 15) is 10.1 Å². The molecule has 39 heavy (non-hydrogen) atoms. The zero-order chi connectivity index (χ0) is 28.1. The van der Waals surface area contributed by atoms with Crippen LogP contribution in [0.3, 0.4) is 0 Å². The minimum atomic E-state index is -0.615. The molecule has 3 aromatic carbocycles. The molecule has 0 spiro atoms. The summed E-state index contributed by atoms with van der Waals surface area (Å²) in [5.41, 5.74) is 4.71. The Morgan fingerprint density at radius 1 is 1.00 bits per heavy atom. The van der Waals surface area contributed by atoms with Crippen molar-refractivity contribution in [2.45, 2.75) is 44.7 Å². The molecule has 1 heterocycles. The maximum absolute atomic E-state index is 11.7. The number of nitrogens with zero attached hydrogens (tertiary/aromatic N) is 4. The van der Waals surface area contributed by atoms with Crippen LogP contribution in [0.5, 0.6) is 11.5 Å². The fourth-order valence-electron chi connectivity index (χ4n) is 3.97. The summed E-state index contributed by atoms with van der Waals surface area (Å²) in [4.78, 5) is 11.4. The van der Waals surface area contributed by atoms with Crippen LogP contribution < -0.4 is 9.47 Å². The summed E-state index contributed by atoms with van der Waals surface area (Å²) in [5, 5.41) is 21.2. The molecule has 0 fully saturated rings. The highest BCUT2D eigenvalue weighted by Crippen LogP contribution is 2.43. The molecular weight excluding hydrogens is 559 g/mol. The third-order valence-electron chi connectivity index (χ3n) is 6.11. The summed E-state index contributed by atoms with van der Waals surface area (Å²) in [6.45, 7) is 8.05. The fraction of sp³-hybridized carbons (Fsp3) is 0.286. The Bertz CT molecular complexity index is 1480. The van der Waals surface area contributed by atoms with Crippen molar-refractivity contribution in [3.8, 4) is 17.2 Å². The van der Waals surface area contributed by atoms with Crippen molar-refractivity contribution in [2.75, 3.05) is 13.2 Å². The van der Waals surface area contributed by atoms with E-state index >= 15 is 0 Å². The first-order valence-electron chi connectivity index (χ1n) is 12.3. The van der Waals surface area contributed by atoms with Gasteiger partial charge in [0.05, 0.1) is 11.6 Å². The molecule has 0 N–H and O–H groups in total.